The Morgan fingerprint density at radius 1 is 1.56 bits per heavy atom. The third-order valence-corrected chi connectivity index (χ3v) is 2.51. The maximum atomic E-state index is 11.9. The van der Waals surface area contributed by atoms with E-state index in [0.29, 0.717) is 13.0 Å². The molecule has 0 aromatic carbocycles. The highest BCUT2D eigenvalue weighted by Gasteiger charge is 2.35. The lowest BCUT2D eigenvalue weighted by Crippen LogP contribution is -2.47. The lowest BCUT2D eigenvalue weighted by Gasteiger charge is -2.28. The van der Waals surface area contributed by atoms with E-state index in [1.165, 1.54) is 4.90 Å². The molecule has 0 fully saturated rings. The summed E-state index contributed by atoms with van der Waals surface area (Å²) in [5.74, 6) is -0.371. The second-order valence-electron chi connectivity index (χ2n) is 4.47. The smallest absolute Gasteiger partial charge is 0.235 e. The van der Waals surface area contributed by atoms with Crippen LogP contribution in [0.3, 0.4) is 0 Å². The van der Waals surface area contributed by atoms with Crippen LogP contribution in [0.25, 0.3) is 0 Å². The van der Waals surface area contributed by atoms with E-state index in [9.17, 15) is 4.79 Å². The number of carbonyl (C=O) groups excluding carboxylic acids is 1. The SMILES string of the molecule is CC(O)CCN(C)C(=O)C(C)(C)C(N)=NO. The Morgan fingerprint density at radius 2 is 2.06 bits per heavy atom. The predicted octanol–water partition coefficient (Wildman–Crippen LogP) is -0.0117. The second kappa shape index (κ2) is 5.69. The summed E-state index contributed by atoms with van der Waals surface area (Å²) in [4.78, 5) is 13.4. The first-order valence-corrected chi connectivity index (χ1v) is 5.15. The van der Waals surface area contributed by atoms with Gasteiger partial charge in [0.05, 0.1) is 6.10 Å². The van der Waals surface area contributed by atoms with E-state index in [-0.39, 0.29) is 11.7 Å². The summed E-state index contributed by atoms with van der Waals surface area (Å²) >= 11 is 0. The predicted molar refractivity (Wildman–Crippen MR) is 61.1 cm³/mol. The topological polar surface area (TPSA) is 99.2 Å². The Bertz CT molecular complexity index is 274. The van der Waals surface area contributed by atoms with Crippen molar-refractivity contribution in [1.29, 1.82) is 0 Å². The van der Waals surface area contributed by atoms with Crippen LogP contribution in [0.5, 0.6) is 0 Å². The molecule has 0 aliphatic carbocycles. The molecule has 0 saturated heterocycles. The van der Waals surface area contributed by atoms with Gasteiger partial charge in [0.15, 0.2) is 5.84 Å². The Morgan fingerprint density at radius 3 is 2.44 bits per heavy atom. The Balaban J connectivity index is 4.54. The Labute approximate surface area is 95.7 Å². The first-order valence-electron chi connectivity index (χ1n) is 5.15. The molecule has 4 N–H and O–H groups in total. The fourth-order valence-electron chi connectivity index (χ4n) is 1.19. The number of hydrogen-bond donors (Lipinski definition) is 3. The van der Waals surface area contributed by atoms with Gasteiger partial charge in [-0.25, -0.2) is 0 Å². The molecule has 0 aliphatic heterocycles. The van der Waals surface area contributed by atoms with Gasteiger partial charge in [-0.1, -0.05) is 5.16 Å². The van der Waals surface area contributed by atoms with Crippen LogP contribution in [-0.2, 0) is 4.79 Å². The summed E-state index contributed by atoms with van der Waals surface area (Å²) in [6.07, 6.45) is 0.0383. The largest absolute Gasteiger partial charge is 0.409 e. The van der Waals surface area contributed by atoms with Crippen molar-refractivity contribution >= 4 is 11.7 Å². The number of oxime groups is 1. The number of carbonyl (C=O) groups is 1. The maximum absolute atomic E-state index is 11.9. The molecular formula is C10H21N3O3. The van der Waals surface area contributed by atoms with E-state index in [1.807, 2.05) is 0 Å². The van der Waals surface area contributed by atoms with Gasteiger partial charge in [0, 0.05) is 13.6 Å². The van der Waals surface area contributed by atoms with E-state index >= 15 is 0 Å². The standard InChI is InChI=1S/C10H21N3O3/c1-7(14)5-6-13(4)9(15)10(2,3)8(11)12-16/h7,14,16H,5-6H2,1-4H3,(H2,11,12). The highest BCUT2D eigenvalue weighted by atomic mass is 16.4. The van der Waals surface area contributed by atoms with Crippen molar-refractivity contribution < 1.29 is 15.1 Å². The van der Waals surface area contributed by atoms with Gasteiger partial charge in [0.1, 0.15) is 5.41 Å². The van der Waals surface area contributed by atoms with Gasteiger partial charge in [0.2, 0.25) is 5.91 Å². The van der Waals surface area contributed by atoms with E-state index in [2.05, 4.69) is 5.16 Å². The number of amidine groups is 1. The van der Waals surface area contributed by atoms with Crippen molar-refractivity contribution in [2.75, 3.05) is 13.6 Å². The fraction of sp³-hybridized carbons (Fsp3) is 0.800. The number of rotatable bonds is 5. The molecule has 0 aliphatic rings. The number of nitrogens with two attached hydrogens (primary N) is 1. The maximum Gasteiger partial charge on any atom is 0.235 e. The molecule has 1 atom stereocenters. The van der Waals surface area contributed by atoms with Crippen molar-refractivity contribution in [1.82, 2.24) is 4.90 Å². The summed E-state index contributed by atoms with van der Waals surface area (Å²) in [5.41, 5.74) is 4.41. The summed E-state index contributed by atoms with van der Waals surface area (Å²) in [5, 5.41) is 20.5. The molecule has 0 rings (SSSR count). The Kier molecular flexibility index (Phi) is 5.23. The van der Waals surface area contributed by atoms with E-state index in [1.54, 1.807) is 27.8 Å². The molecule has 1 amide bonds. The second-order valence-corrected chi connectivity index (χ2v) is 4.47. The summed E-state index contributed by atoms with van der Waals surface area (Å²) in [6.45, 7) is 5.26. The van der Waals surface area contributed by atoms with Gasteiger partial charge in [-0.2, -0.15) is 0 Å². The third-order valence-electron chi connectivity index (χ3n) is 2.51. The summed E-state index contributed by atoms with van der Waals surface area (Å²) in [7, 11) is 1.62. The van der Waals surface area contributed by atoms with Crippen LogP contribution in [0.4, 0.5) is 0 Å². The molecule has 0 spiro atoms. The van der Waals surface area contributed by atoms with Crippen LogP contribution in [0, 0.1) is 5.41 Å². The minimum Gasteiger partial charge on any atom is -0.409 e. The molecular weight excluding hydrogens is 210 g/mol. The molecule has 0 heterocycles. The molecule has 0 aromatic heterocycles. The van der Waals surface area contributed by atoms with Crippen molar-refractivity contribution in [2.45, 2.75) is 33.3 Å². The van der Waals surface area contributed by atoms with E-state index < -0.39 is 11.5 Å². The molecule has 0 bridgehead atoms. The number of amides is 1. The van der Waals surface area contributed by atoms with Gasteiger partial charge in [-0.05, 0) is 27.2 Å². The zero-order chi connectivity index (χ0) is 12.9. The zero-order valence-corrected chi connectivity index (χ0v) is 10.3. The molecule has 6 nitrogen and oxygen atoms in total. The molecule has 0 saturated carbocycles. The lowest BCUT2D eigenvalue weighted by atomic mass is 9.90. The molecule has 94 valence electrons. The average Bonchev–Trinajstić information content (AvgIpc) is 2.23. The minimum atomic E-state index is -1.04. The quantitative estimate of drug-likeness (QED) is 0.268. The number of nitrogens with zero attached hydrogens (tertiary/aromatic N) is 2. The highest BCUT2D eigenvalue weighted by molar-refractivity contribution is 6.05. The van der Waals surface area contributed by atoms with Gasteiger partial charge in [-0.3, -0.25) is 4.79 Å². The average molecular weight is 231 g/mol. The number of aliphatic hydroxyl groups is 1. The fourth-order valence-corrected chi connectivity index (χ4v) is 1.19. The normalized spacial score (nSPS) is 14.7. The van der Waals surface area contributed by atoms with Crippen molar-refractivity contribution in [3.63, 3.8) is 0 Å². The highest BCUT2D eigenvalue weighted by Crippen LogP contribution is 2.18. The van der Waals surface area contributed by atoms with E-state index in [4.69, 9.17) is 16.0 Å². The van der Waals surface area contributed by atoms with Crippen LogP contribution in [0.1, 0.15) is 27.2 Å². The number of aliphatic hydroxyl groups excluding tert-OH is 1. The number of hydrogen-bond acceptors (Lipinski definition) is 4. The van der Waals surface area contributed by atoms with Crippen molar-refractivity contribution in [2.24, 2.45) is 16.3 Å². The van der Waals surface area contributed by atoms with Crippen LogP contribution in [-0.4, -0.2) is 46.7 Å². The molecule has 0 aromatic rings. The van der Waals surface area contributed by atoms with Gasteiger partial charge >= 0.3 is 0 Å². The molecule has 1 unspecified atom stereocenters. The summed E-state index contributed by atoms with van der Waals surface area (Å²) in [6, 6.07) is 0. The molecule has 0 radical (unpaired) electrons. The first kappa shape index (κ1) is 14.7. The monoisotopic (exact) mass is 231 g/mol. The van der Waals surface area contributed by atoms with Gasteiger partial charge in [-0.15, -0.1) is 0 Å². The Hall–Kier alpha value is -1.30. The van der Waals surface area contributed by atoms with Crippen LogP contribution in [0.2, 0.25) is 0 Å². The molecule has 6 heteroatoms. The van der Waals surface area contributed by atoms with Crippen LogP contribution in [0.15, 0.2) is 5.16 Å². The first-order chi connectivity index (χ1) is 7.23. The van der Waals surface area contributed by atoms with Crippen molar-refractivity contribution in [3.8, 4) is 0 Å². The third kappa shape index (κ3) is 3.69. The zero-order valence-electron chi connectivity index (χ0n) is 10.3. The van der Waals surface area contributed by atoms with Gasteiger partial charge in [0.25, 0.3) is 0 Å². The van der Waals surface area contributed by atoms with Crippen LogP contribution >= 0.6 is 0 Å². The van der Waals surface area contributed by atoms with Crippen molar-refractivity contribution in [3.05, 3.63) is 0 Å². The van der Waals surface area contributed by atoms with E-state index in [0.717, 1.165) is 0 Å². The van der Waals surface area contributed by atoms with Crippen LogP contribution < -0.4 is 5.73 Å². The lowest BCUT2D eigenvalue weighted by molar-refractivity contribution is -0.135. The molecule has 16 heavy (non-hydrogen) atoms. The minimum absolute atomic E-state index is 0.124. The van der Waals surface area contributed by atoms with Gasteiger partial charge < -0.3 is 20.9 Å². The summed E-state index contributed by atoms with van der Waals surface area (Å²) < 4.78 is 0.